The normalized spacial score (nSPS) is 19.1. The van der Waals surface area contributed by atoms with Crippen LogP contribution in [0.5, 0.6) is 0 Å². The van der Waals surface area contributed by atoms with E-state index in [2.05, 4.69) is 5.10 Å². The van der Waals surface area contributed by atoms with Crippen LogP contribution in [0.2, 0.25) is 0 Å². The quantitative estimate of drug-likeness (QED) is 0.689. The van der Waals surface area contributed by atoms with E-state index in [1.807, 2.05) is 10.9 Å². The third-order valence-corrected chi connectivity index (χ3v) is 2.74. The van der Waals surface area contributed by atoms with Crippen LogP contribution in [-0.2, 0) is 0 Å². The Morgan fingerprint density at radius 3 is 2.46 bits per heavy atom. The van der Waals surface area contributed by atoms with E-state index >= 15 is 0 Å². The second kappa shape index (κ2) is 3.28. The molecule has 0 amide bonds. The highest BCUT2D eigenvalue weighted by Crippen LogP contribution is 2.28. The average molecular weight is 180 g/mol. The second-order valence-electron chi connectivity index (χ2n) is 3.74. The number of nitrogens with two attached hydrogens (primary N) is 2. The molecule has 0 aliphatic heterocycles. The summed E-state index contributed by atoms with van der Waals surface area (Å²) in [5, 5.41) is 4.20. The van der Waals surface area contributed by atoms with E-state index < -0.39 is 0 Å². The van der Waals surface area contributed by atoms with Gasteiger partial charge in [-0.3, -0.25) is 4.68 Å². The maximum atomic E-state index is 5.64. The van der Waals surface area contributed by atoms with Gasteiger partial charge >= 0.3 is 0 Å². The van der Waals surface area contributed by atoms with E-state index in [4.69, 9.17) is 11.5 Å². The first-order valence-corrected chi connectivity index (χ1v) is 4.87. The third-order valence-electron chi connectivity index (χ3n) is 2.74. The summed E-state index contributed by atoms with van der Waals surface area (Å²) in [7, 11) is 0. The van der Waals surface area contributed by atoms with Crippen molar-refractivity contribution in [3.63, 3.8) is 0 Å². The summed E-state index contributed by atoms with van der Waals surface area (Å²) >= 11 is 0. The van der Waals surface area contributed by atoms with Gasteiger partial charge < -0.3 is 11.5 Å². The van der Waals surface area contributed by atoms with Crippen molar-refractivity contribution in [3.8, 4) is 0 Å². The number of aromatic nitrogens is 2. The van der Waals surface area contributed by atoms with Gasteiger partial charge in [0, 0.05) is 0 Å². The molecule has 1 aromatic rings. The topological polar surface area (TPSA) is 69.9 Å². The first kappa shape index (κ1) is 8.41. The van der Waals surface area contributed by atoms with Crippen LogP contribution in [0.25, 0.3) is 0 Å². The molecule has 0 spiro atoms. The smallest absolute Gasteiger partial charge is 0.168 e. The zero-order valence-corrected chi connectivity index (χ0v) is 7.74. The highest BCUT2D eigenvalue weighted by Gasteiger charge is 2.16. The number of anilines is 2. The molecule has 1 saturated carbocycles. The zero-order valence-electron chi connectivity index (χ0n) is 7.74. The molecule has 1 aromatic heterocycles. The summed E-state index contributed by atoms with van der Waals surface area (Å²) in [6, 6.07) is 0.522. The second-order valence-corrected chi connectivity index (χ2v) is 3.74. The Kier molecular flexibility index (Phi) is 2.12. The number of nitrogen functional groups attached to an aromatic ring is 2. The lowest BCUT2D eigenvalue weighted by Crippen LogP contribution is -2.13. The minimum atomic E-state index is 0.463. The summed E-state index contributed by atoms with van der Waals surface area (Å²) in [6.07, 6.45) is 8.21. The Hall–Kier alpha value is -1.19. The Labute approximate surface area is 77.9 Å². The van der Waals surface area contributed by atoms with Gasteiger partial charge in [0.05, 0.1) is 17.9 Å². The fourth-order valence-electron chi connectivity index (χ4n) is 1.95. The van der Waals surface area contributed by atoms with Gasteiger partial charge in [0.25, 0.3) is 0 Å². The molecule has 2 rings (SSSR count). The molecule has 1 aliphatic carbocycles. The highest BCUT2D eigenvalue weighted by atomic mass is 15.3. The van der Waals surface area contributed by atoms with Crippen LogP contribution in [0, 0.1) is 0 Å². The van der Waals surface area contributed by atoms with Gasteiger partial charge in [-0.05, 0) is 12.8 Å². The van der Waals surface area contributed by atoms with Gasteiger partial charge in [0.2, 0.25) is 0 Å². The Balaban J connectivity index is 2.14. The molecule has 0 unspecified atom stereocenters. The van der Waals surface area contributed by atoms with Crippen molar-refractivity contribution in [2.24, 2.45) is 0 Å². The monoisotopic (exact) mass is 180 g/mol. The van der Waals surface area contributed by atoms with Crippen molar-refractivity contribution < 1.29 is 0 Å². The molecule has 1 fully saturated rings. The fraction of sp³-hybridized carbons (Fsp3) is 0.667. The third kappa shape index (κ3) is 1.61. The standard InChI is InChI=1S/C9H16N4/c10-8-6-13(12-9(8)11)7-4-2-1-3-5-7/h6-7H,1-5,10H2,(H2,11,12). The van der Waals surface area contributed by atoms with Crippen molar-refractivity contribution >= 4 is 11.5 Å². The van der Waals surface area contributed by atoms with Gasteiger partial charge in [0.15, 0.2) is 5.82 Å². The van der Waals surface area contributed by atoms with Gasteiger partial charge in [-0.15, -0.1) is 0 Å². The summed E-state index contributed by atoms with van der Waals surface area (Å²) in [5.41, 5.74) is 11.8. The predicted molar refractivity (Wildman–Crippen MR) is 53.2 cm³/mol. The van der Waals surface area contributed by atoms with Crippen LogP contribution in [0.15, 0.2) is 6.20 Å². The number of hydrogen-bond donors (Lipinski definition) is 2. The highest BCUT2D eigenvalue weighted by molar-refractivity contribution is 5.56. The average Bonchev–Trinajstić information content (AvgIpc) is 2.49. The van der Waals surface area contributed by atoms with Crippen LogP contribution >= 0.6 is 0 Å². The number of hydrogen-bond acceptors (Lipinski definition) is 3. The summed E-state index contributed by atoms with van der Waals surface area (Å²) in [5.74, 6) is 0.463. The minimum Gasteiger partial charge on any atom is -0.394 e. The summed E-state index contributed by atoms with van der Waals surface area (Å²) in [4.78, 5) is 0. The maximum absolute atomic E-state index is 5.64. The molecule has 1 heterocycles. The van der Waals surface area contributed by atoms with Crippen molar-refractivity contribution in [1.82, 2.24) is 9.78 Å². The summed E-state index contributed by atoms with van der Waals surface area (Å²) < 4.78 is 1.93. The van der Waals surface area contributed by atoms with Crippen LogP contribution < -0.4 is 11.5 Å². The first-order valence-electron chi connectivity index (χ1n) is 4.87. The fourth-order valence-corrected chi connectivity index (χ4v) is 1.95. The van der Waals surface area contributed by atoms with E-state index in [1.165, 1.54) is 32.1 Å². The summed E-state index contributed by atoms with van der Waals surface area (Å²) in [6.45, 7) is 0. The molecule has 1 aliphatic rings. The SMILES string of the molecule is Nc1cn(C2CCCCC2)nc1N. The van der Waals surface area contributed by atoms with Crippen molar-refractivity contribution in [1.29, 1.82) is 0 Å². The molecule has 72 valence electrons. The molecule has 4 nitrogen and oxygen atoms in total. The molecule has 0 radical (unpaired) electrons. The molecule has 0 saturated heterocycles. The van der Waals surface area contributed by atoms with Crippen LogP contribution in [0.1, 0.15) is 38.1 Å². The van der Waals surface area contributed by atoms with Gasteiger partial charge in [-0.1, -0.05) is 19.3 Å². The molecule has 4 N–H and O–H groups in total. The van der Waals surface area contributed by atoms with Crippen LogP contribution in [0.4, 0.5) is 11.5 Å². The molecule has 4 heteroatoms. The lowest BCUT2D eigenvalue weighted by atomic mass is 9.96. The predicted octanol–water partition coefficient (Wildman–Crippen LogP) is 1.55. The molecular formula is C9H16N4. The lowest BCUT2D eigenvalue weighted by molar-refractivity contribution is 0.330. The van der Waals surface area contributed by atoms with Gasteiger partial charge in [-0.2, -0.15) is 5.10 Å². The van der Waals surface area contributed by atoms with E-state index in [0.29, 0.717) is 17.5 Å². The van der Waals surface area contributed by atoms with Gasteiger partial charge in [-0.25, -0.2) is 0 Å². The van der Waals surface area contributed by atoms with E-state index in [9.17, 15) is 0 Å². The molecule has 13 heavy (non-hydrogen) atoms. The lowest BCUT2D eigenvalue weighted by Gasteiger charge is -2.21. The van der Waals surface area contributed by atoms with Crippen molar-refractivity contribution in [2.75, 3.05) is 11.5 Å². The van der Waals surface area contributed by atoms with Crippen molar-refractivity contribution in [3.05, 3.63) is 6.20 Å². The largest absolute Gasteiger partial charge is 0.394 e. The van der Waals surface area contributed by atoms with E-state index in [-0.39, 0.29) is 0 Å². The van der Waals surface area contributed by atoms with E-state index in [0.717, 1.165) is 0 Å². The molecule has 0 aromatic carbocycles. The minimum absolute atomic E-state index is 0.463. The number of rotatable bonds is 1. The Morgan fingerprint density at radius 2 is 1.92 bits per heavy atom. The maximum Gasteiger partial charge on any atom is 0.168 e. The molecule has 0 atom stereocenters. The Bertz CT molecular complexity index is 266. The van der Waals surface area contributed by atoms with E-state index in [1.54, 1.807) is 0 Å². The van der Waals surface area contributed by atoms with Crippen molar-refractivity contribution in [2.45, 2.75) is 38.1 Å². The van der Waals surface area contributed by atoms with Crippen LogP contribution in [-0.4, -0.2) is 9.78 Å². The Morgan fingerprint density at radius 1 is 1.23 bits per heavy atom. The first-order chi connectivity index (χ1) is 6.27. The van der Waals surface area contributed by atoms with Gasteiger partial charge in [0.1, 0.15) is 0 Å². The molecule has 0 bridgehead atoms. The van der Waals surface area contributed by atoms with Crippen LogP contribution in [0.3, 0.4) is 0 Å². The number of nitrogens with zero attached hydrogens (tertiary/aromatic N) is 2. The zero-order chi connectivity index (χ0) is 9.26. The molecular weight excluding hydrogens is 164 g/mol.